The van der Waals surface area contributed by atoms with Gasteiger partial charge < -0.3 is 9.15 Å². The van der Waals surface area contributed by atoms with Crippen LogP contribution in [0.4, 0.5) is 0 Å². The number of aromatic nitrogens is 3. The number of rotatable bonds is 2. The van der Waals surface area contributed by atoms with E-state index in [1.807, 2.05) is 49.5 Å². The minimum atomic E-state index is 0.0764. The van der Waals surface area contributed by atoms with Gasteiger partial charge in [0.15, 0.2) is 5.58 Å². The number of halogens is 1. The predicted molar refractivity (Wildman–Crippen MR) is 99.7 cm³/mol. The van der Waals surface area contributed by atoms with E-state index in [4.69, 9.17) is 20.8 Å². The molecule has 130 valence electrons. The van der Waals surface area contributed by atoms with Gasteiger partial charge in [0.25, 0.3) is 0 Å². The highest BCUT2D eigenvalue weighted by Crippen LogP contribution is 2.35. The molecule has 0 aliphatic carbocycles. The summed E-state index contributed by atoms with van der Waals surface area (Å²) in [6.07, 6.45) is 2.69. The van der Waals surface area contributed by atoms with Crippen molar-refractivity contribution in [3.63, 3.8) is 0 Å². The number of nitrogens with zero attached hydrogens (tertiary/aromatic N) is 2. The van der Waals surface area contributed by atoms with Crippen LogP contribution in [-0.2, 0) is 6.42 Å². The standard InChI is InChI=1S/C20H16ClN3O2/c1-11-16(9-22-24-11)12-2-4-17-19(8-12)26-20(23-17)14-6-13-7-15(21)3-5-18(13)25-10-14/h2-5,7-9,14H,6,10H2,1H3,(H,22,24). The Kier molecular flexibility index (Phi) is 3.50. The molecule has 0 spiro atoms. The molecule has 1 unspecified atom stereocenters. The van der Waals surface area contributed by atoms with Gasteiger partial charge in [-0.2, -0.15) is 5.10 Å². The van der Waals surface area contributed by atoms with Crippen molar-refractivity contribution in [1.29, 1.82) is 0 Å². The zero-order valence-electron chi connectivity index (χ0n) is 14.1. The lowest BCUT2D eigenvalue weighted by molar-refractivity contribution is 0.243. The monoisotopic (exact) mass is 365 g/mol. The number of nitrogens with one attached hydrogen (secondary N) is 1. The van der Waals surface area contributed by atoms with Gasteiger partial charge in [-0.15, -0.1) is 0 Å². The van der Waals surface area contributed by atoms with Crippen molar-refractivity contribution in [2.75, 3.05) is 6.61 Å². The van der Waals surface area contributed by atoms with E-state index in [0.29, 0.717) is 17.5 Å². The fraction of sp³-hybridized carbons (Fsp3) is 0.200. The molecule has 2 aromatic heterocycles. The van der Waals surface area contributed by atoms with Crippen molar-refractivity contribution in [1.82, 2.24) is 15.2 Å². The Morgan fingerprint density at radius 1 is 1.19 bits per heavy atom. The molecule has 5 nitrogen and oxygen atoms in total. The summed E-state index contributed by atoms with van der Waals surface area (Å²) in [5, 5.41) is 7.79. The first-order chi connectivity index (χ1) is 12.7. The van der Waals surface area contributed by atoms with Crippen LogP contribution >= 0.6 is 11.6 Å². The first-order valence-corrected chi connectivity index (χ1v) is 8.87. The second kappa shape index (κ2) is 5.88. The van der Waals surface area contributed by atoms with Crippen LogP contribution in [0.1, 0.15) is 23.1 Å². The van der Waals surface area contributed by atoms with E-state index in [1.165, 1.54) is 0 Å². The molecule has 1 aliphatic heterocycles. The Labute approximate surface area is 155 Å². The number of aryl methyl sites for hydroxylation is 1. The maximum atomic E-state index is 6.11. The molecule has 0 saturated heterocycles. The van der Waals surface area contributed by atoms with Gasteiger partial charge in [0.1, 0.15) is 17.9 Å². The maximum Gasteiger partial charge on any atom is 0.202 e. The van der Waals surface area contributed by atoms with Crippen LogP contribution in [0.15, 0.2) is 47.0 Å². The van der Waals surface area contributed by atoms with Crippen molar-refractivity contribution in [3.8, 4) is 16.9 Å². The summed E-state index contributed by atoms with van der Waals surface area (Å²) < 4.78 is 11.9. The average molecular weight is 366 g/mol. The number of oxazole rings is 1. The fourth-order valence-corrected chi connectivity index (χ4v) is 3.65. The Morgan fingerprint density at radius 2 is 2.12 bits per heavy atom. The van der Waals surface area contributed by atoms with Gasteiger partial charge in [0.2, 0.25) is 5.89 Å². The summed E-state index contributed by atoms with van der Waals surface area (Å²) in [6, 6.07) is 11.8. The average Bonchev–Trinajstić information content (AvgIpc) is 3.26. The third-order valence-corrected chi connectivity index (χ3v) is 5.06. The number of H-pyrrole nitrogens is 1. The van der Waals surface area contributed by atoms with Crippen LogP contribution < -0.4 is 4.74 Å². The minimum absolute atomic E-state index is 0.0764. The summed E-state index contributed by atoms with van der Waals surface area (Å²) >= 11 is 6.11. The Morgan fingerprint density at radius 3 is 2.96 bits per heavy atom. The van der Waals surface area contributed by atoms with Crippen molar-refractivity contribution in [2.24, 2.45) is 0 Å². The molecule has 6 heteroatoms. The van der Waals surface area contributed by atoms with Gasteiger partial charge in [-0.05, 0) is 54.8 Å². The van der Waals surface area contributed by atoms with Gasteiger partial charge in [-0.25, -0.2) is 4.98 Å². The van der Waals surface area contributed by atoms with Crippen LogP contribution in [0, 0.1) is 6.92 Å². The minimum Gasteiger partial charge on any atom is -0.492 e. The highest BCUT2D eigenvalue weighted by Gasteiger charge is 2.26. The zero-order valence-corrected chi connectivity index (χ0v) is 14.9. The van der Waals surface area contributed by atoms with Crippen molar-refractivity contribution in [3.05, 3.63) is 64.8 Å². The molecule has 3 heterocycles. The zero-order chi connectivity index (χ0) is 17.7. The number of hydrogen-bond acceptors (Lipinski definition) is 4. The molecule has 5 rings (SSSR count). The lowest BCUT2D eigenvalue weighted by Crippen LogP contribution is -2.19. The second-order valence-electron chi connectivity index (χ2n) is 6.58. The van der Waals surface area contributed by atoms with Crippen LogP contribution in [-0.4, -0.2) is 21.8 Å². The van der Waals surface area contributed by atoms with Gasteiger partial charge in [-0.3, -0.25) is 5.10 Å². The highest BCUT2D eigenvalue weighted by molar-refractivity contribution is 6.30. The molecule has 0 saturated carbocycles. The van der Waals surface area contributed by atoms with Crippen LogP contribution in [0.2, 0.25) is 5.02 Å². The van der Waals surface area contributed by atoms with Crippen LogP contribution in [0.5, 0.6) is 5.75 Å². The van der Waals surface area contributed by atoms with E-state index < -0.39 is 0 Å². The topological polar surface area (TPSA) is 63.9 Å². The summed E-state index contributed by atoms with van der Waals surface area (Å²) in [5.74, 6) is 1.67. The summed E-state index contributed by atoms with van der Waals surface area (Å²) in [4.78, 5) is 4.67. The number of benzene rings is 2. The molecular weight excluding hydrogens is 350 g/mol. The Hall–Kier alpha value is -2.79. The van der Waals surface area contributed by atoms with Gasteiger partial charge in [-0.1, -0.05) is 17.7 Å². The lowest BCUT2D eigenvalue weighted by atomic mass is 9.97. The molecule has 2 aromatic carbocycles. The molecule has 1 atom stereocenters. The first kappa shape index (κ1) is 15.5. The second-order valence-corrected chi connectivity index (χ2v) is 7.02. The molecule has 0 radical (unpaired) electrons. The summed E-state index contributed by atoms with van der Waals surface area (Å²) in [7, 11) is 0. The largest absolute Gasteiger partial charge is 0.492 e. The summed E-state index contributed by atoms with van der Waals surface area (Å²) in [6.45, 7) is 2.53. The Bertz CT molecular complexity index is 1120. The van der Waals surface area contributed by atoms with Gasteiger partial charge in [0, 0.05) is 16.8 Å². The van der Waals surface area contributed by atoms with Crippen molar-refractivity contribution in [2.45, 2.75) is 19.3 Å². The third-order valence-electron chi connectivity index (χ3n) is 4.83. The highest BCUT2D eigenvalue weighted by atomic mass is 35.5. The quantitative estimate of drug-likeness (QED) is 0.548. The number of aromatic amines is 1. The molecule has 0 bridgehead atoms. The van der Waals surface area contributed by atoms with E-state index in [0.717, 1.165) is 45.7 Å². The van der Waals surface area contributed by atoms with Gasteiger partial charge in [0.05, 0.1) is 11.6 Å². The van der Waals surface area contributed by atoms with E-state index in [9.17, 15) is 0 Å². The molecule has 4 aromatic rings. The lowest BCUT2D eigenvalue weighted by Gasteiger charge is -2.23. The summed E-state index contributed by atoms with van der Waals surface area (Å²) in [5.41, 5.74) is 5.79. The molecule has 1 aliphatic rings. The number of fused-ring (bicyclic) bond motifs is 2. The number of ether oxygens (including phenoxy) is 1. The van der Waals surface area contributed by atoms with E-state index in [2.05, 4.69) is 15.2 Å². The van der Waals surface area contributed by atoms with Crippen molar-refractivity contribution >= 4 is 22.7 Å². The molecule has 0 fully saturated rings. The fourth-order valence-electron chi connectivity index (χ4n) is 3.46. The van der Waals surface area contributed by atoms with Crippen LogP contribution in [0.25, 0.3) is 22.2 Å². The molecule has 26 heavy (non-hydrogen) atoms. The van der Waals surface area contributed by atoms with Crippen molar-refractivity contribution < 1.29 is 9.15 Å². The predicted octanol–water partition coefficient (Wildman–Crippen LogP) is 4.90. The molecule has 0 amide bonds. The maximum absolute atomic E-state index is 6.11. The Balaban J connectivity index is 1.49. The van der Waals surface area contributed by atoms with Crippen LogP contribution in [0.3, 0.4) is 0 Å². The third kappa shape index (κ3) is 2.56. The van der Waals surface area contributed by atoms with E-state index in [-0.39, 0.29) is 5.92 Å². The SMILES string of the molecule is Cc1n[nH]cc1-c1ccc2nc(C3COc4ccc(Cl)cc4C3)oc2c1. The molecule has 1 N–H and O–H groups in total. The van der Waals surface area contributed by atoms with E-state index in [1.54, 1.807) is 0 Å². The van der Waals surface area contributed by atoms with E-state index >= 15 is 0 Å². The smallest absolute Gasteiger partial charge is 0.202 e. The molecular formula is C20H16ClN3O2. The normalized spacial score (nSPS) is 16.5. The van der Waals surface area contributed by atoms with Gasteiger partial charge >= 0.3 is 0 Å². The first-order valence-electron chi connectivity index (χ1n) is 8.50. The number of hydrogen-bond donors (Lipinski definition) is 1.